The van der Waals surface area contributed by atoms with Crippen molar-refractivity contribution in [1.82, 2.24) is 0 Å². The fourth-order valence-electron chi connectivity index (χ4n) is 1.32. The second-order valence-corrected chi connectivity index (χ2v) is 9.69. The van der Waals surface area contributed by atoms with Crippen LogP contribution >= 0.6 is 5.27 Å². The van der Waals surface area contributed by atoms with Crippen molar-refractivity contribution in [3.05, 3.63) is 0 Å². The maximum atomic E-state index is 2.41. The Labute approximate surface area is 93.5 Å². The first-order valence-corrected chi connectivity index (χ1v) is 9.69. The maximum absolute atomic E-state index is 2.41. The molecule has 0 radical (unpaired) electrons. The molecule has 0 amide bonds. The van der Waals surface area contributed by atoms with Gasteiger partial charge in [0.1, 0.15) is 0 Å². The van der Waals surface area contributed by atoms with Gasteiger partial charge in [0.15, 0.2) is 0 Å². The van der Waals surface area contributed by atoms with E-state index in [2.05, 4.69) is 13.6 Å². The Bertz CT molecular complexity index is 83.9. The van der Waals surface area contributed by atoms with Gasteiger partial charge in [-0.15, -0.1) is 0 Å². The summed E-state index contributed by atoms with van der Waals surface area (Å²) in [6.07, 6.45) is 11.7. The molecule has 0 aromatic carbocycles. The van der Waals surface area contributed by atoms with Crippen LogP contribution in [0.5, 0.6) is 0 Å². The molecule has 2 heteroatoms. The zero-order valence-electron chi connectivity index (χ0n) is 8.68. The van der Waals surface area contributed by atoms with Gasteiger partial charge < -0.3 is 0 Å². The molecule has 0 bridgehead atoms. The summed E-state index contributed by atoms with van der Waals surface area (Å²) in [5, 5.41) is 0.434. The Morgan fingerprint density at radius 2 is 1.42 bits per heavy atom. The van der Waals surface area contributed by atoms with E-state index in [1.165, 1.54) is 51.1 Å². The molecule has 1 unspecified atom stereocenters. The van der Waals surface area contributed by atoms with Gasteiger partial charge in [-0.2, -0.15) is 0 Å². The number of rotatable bonds is 8. The van der Waals surface area contributed by atoms with Gasteiger partial charge in [0.25, 0.3) is 0 Å². The minimum absolute atomic E-state index is 0.434. The molecule has 0 fully saturated rings. The van der Waals surface area contributed by atoms with Crippen LogP contribution in [0.15, 0.2) is 0 Å². The number of hydrogen-bond donors (Lipinski definition) is 0. The topological polar surface area (TPSA) is 0 Å². The molecular formula is C10H22PSc. The molecule has 0 nitrogen and oxygen atoms in total. The number of hydrogen-bond acceptors (Lipinski definition) is 0. The van der Waals surface area contributed by atoms with Crippen molar-refractivity contribution in [2.24, 2.45) is 0 Å². The molecular weight excluding hydrogens is 196 g/mol. The van der Waals surface area contributed by atoms with Gasteiger partial charge >= 0.3 is 93.8 Å². The van der Waals surface area contributed by atoms with Crippen LogP contribution in [0.3, 0.4) is 0 Å². The van der Waals surface area contributed by atoms with E-state index >= 15 is 0 Å². The van der Waals surface area contributed by atoms with Gasteiger partial charge in [0, 0.05) is 0 Å². The first kappa shape index (κ1) is 13.3. The van der Waals surface area contributed by atoms with E-state index in [-0.39, 0.29) is 0 Å². The van der Waals surface area contributed by atoms with Gasteiger partial charge in [-0.25, -0.2) is 0 Å². The van der Waals surface area contributed by atoms with Crippen LogP contribution in [-0.2, 0) is 23.8 Å². The molecule has 0 aromatic rings. The molecule has 0 N–H and O–H groups in total. The summed E-state index contributed by atoms with van der Waals surface area (Å²) in [7, 11) is 0. The average molecular weight is 218 g/mol. The molecule has 70 valence electrons. The number of unbranched alkanes of at least 4 members (excludes halogenated alkanes) is 6. The van der Waals surface area contributed by atoms with Crippen LogP contribution in [0, 0.1) is 0 Å². The third-order valence-electron chi connectivity index (χ3n) is 2.11. The molecule has 0 rings (SSSR count). The zero-order valence-corrected chi connectivity index (χ0v) is 11.4. The summed E-state index contributed by atoms with van der Waals surface area (Å²) in [4.78, 5) is 0. The second-order valence-electron chi connectivity index (χ2n) is 3.60. The zero-order chi connectivity index (χ0) is 9.23. The minimum atomic E-state index is 0.434. The first-order chi connectivity index (χ1) is 5.77. The molecule has 0 aromatic heterocycles. The summed E-state index contributed by atoms with van der Waals surface area (Å²) in [6.45, 7) is 4.69. The van der Waals surface area contributed by atoms with E-state index in [9.17, 15) is 0 Å². The molecule has 0 heterocycles. The van der Waals surface area contributed by atoms with Crippen LogP contribution < -0.4 is 0 Å². The summed E-state index contributed by atoms with van der Waals surface area (Å²) < 4.78 is 0. The molecule has 12 heavy (non-hydrogen) atoms. The van der Waals surface area contributed by atoms with Crippen molar-refractivity contribution < 1.29 is 23.8 Å². The predicted octanol–water partition coefficient (Wildman–Crippen LogP) is 4.31. The summed E-state index contributed by atoms with van der Waals surface area (Å²) in [5.41, 5.74) is 0. The fourth-order valence-corrected chi connectivity index (χ4v) is 2.90. The Kier molecular flexibility index (Phi) is 11.5. The SMILES string of the molecule is CCCCCCCCC[P](C)[Sc]. The molecule has 0 saturated carbocycles. The van der Waals surface area contributed by atoms with Crippen molar-refractivity contribution >= 4 is 5.27 Å². The quantitative estimate of drug-likeness (QED) is 0.420. The van der Waals surface area contributed by atoms with Crippen molar-refractivity contribution in [2.45, 2.75) is 51.9 Å². The third kappa shape index (κ3) is 11.3. The van der Waals surface area contributed by atoms with Crippen LogP contribution in [0.1, 0.15) is 51.9 Å². The van der Waals surface area contributed by atoms with E-state index < -0.39 is 0 Å². The van der Waals surface area contributed by atoms with Gasteiger partial charge in [-0.3, -0.25) is 0 Å². The van der Waals surface area contributed by atoms with Crippen LogP contribution in [0.25, 0.3) is 0 Å². The van der Waals surface area contributed by atoms with Crippen LogP contribution in [0.2, 0.25) is 0 Å². The normalized spacial score (nSPS) is 13.1. The van der Waals surface area contributed by atoms with Gasteiger partial charge in [-0.05, 0) is 0 Å². The molecule has 0 saturated heterocycles. The van der Waals surface area contributed by atoms with E-state index in [1.54, 1.807) is 0 Å². The van der Waals surface area contributed by atoms with E-state index in [0.717, 1.165) is 0 Å². The van der Waals surface area contributed by atoms with Crippen LogP contribution in [0.4, 0.5) is 0 Å². The van der Waals surface area contributed by atoms with Crippen LogP contribution in [-0.4, -0.2) is 12.8 Å². The van der Waals surface area contributed by atoms with Gasteiger partial charge in [-0.1, -0.05) is 0 Å². The van der Waals surface area contributed by atoms with E-state index in [1.807, 2.05) is 23.8 Å². The fraction of sp³-hybridized carbons (Fsp3) is 1.00. The molecule has 0 aliphatic heterocycles. The van der Waals surface area contributed by atoms with E-state index in [0.29, 0.717) is 5.27 Å². The third-order valence-corrected chi connectivity index (χ3v) is 4.35. The van der Waals surface area contributed by atoms with Crippen molar-refractivity contribution in [1.29, 1.82) is 0 Å². The van der Waals surface area contributed by atoms with Crippen molar-refractivity contribution in [3.8, 4) is 0 Å². The Morgan fingerprint density at radius 3 is 1.92 bits per heavy atom. The van der Waals surface area contributed by atoms with Crippen molar-refractivity contribution in [3.63, 3.8) is 0 Å². The van der Waals surface area contributed by atoms with E-state index in [4.69, 9.17) is 0 Å². The van der Waals surface area contributed by atoms with Crippen molar-refractivity contribution in [2.75, 3.05) is 12.8 Å². The molecule has 0 aliphatic carbocycles. The predicted molar refractivity (Wildman–Crippen MR) is 55.7 cm³/mol. The monoisotopic (exact) mass is 218 g/mol. The molecule has 0 spiro atoms. The van der Waals surface area contributed by atoms with Gasteiger partial charge in [0.05, 0.1) is 0 Å². The second kappa shape index (κ2) is 10.4. The first-order valence-electron chi connectivity index (χ1n) is 5.23. The Morgan fingerprint density at radius 1 is 0.917 bits per heavy atom. The summed E-state index contributed by atoms with van der Waals surface area (Å²) >= 11 is 1.96. The molecule has 1 atom stereocenters. The molecule has 0 aliphatic rings. The Hall–Kier alpha value is 1.30. The van der Waals surface area contributed by atoms with Gasteiger partial charge in [0.2, 0.25) is 0 Å². The Balaban J connectivity index is 2.82. The summed E-state index contributed by atoms with van der Waals surface area (Å²) in [6, 6.07) is 0. The standard InChI is InChI=1S/C10H22P.Sc/c1-3-4-5-6-7-8-9-10-11-2;/h3-10H2,1-2H3;/q-1;+1. The summed E-state index contributed by atoms with van der Waals surface area (Å²) in [5.74, 6) is 0. The average Bonchev–Trinajstić information content (AvgIpc) is 2.02.